The standard InChI is InChI=1S/C9H16N2O3/c1-3-11(6-4-5-10)7-9(2,14)8(12)13/h14H,3-4,6-7H2,1-2H3,(H,12,13). The summed E-state index contributed by atoms with van der Waals surface area (Å²) in [5, 5.41) is 26.5. The van der Waals surface area contributed by atoms with Crippen LogP contribution in [0.5, 0.6) is 0 Å². The van der Waals surface area contributed by atoms with Gasteiger partial charge in [0.1, 0.15) is 0 Å². The van der Waals surface area contributed by atoms with Crippen LogP contribution in [0.1, 0.15) is 20.3 Å². The van der Waals surface area contributed by atoms with E-state index in [0.717, 1.165) is 0 Å². The fourth-order valence-corrected chi connectivity index (χ4v) is 1.06. The molecule has 0 saturated heterocycles. The molecule has 0 aromatic heterocycles. The second-order valence-electron chi connectivity index (χ2n) is 3.36. The smallest absolute Gasteiger partial charge is 0.336 e. The summed E-state index contributed by atoms with van der Waals surface area (Å²) in [5.74, 6) is -1.24. The normalized spacial score (nSPS) is 14.8. The lowest BCUT2D eigenvalue weighted by atomic mass is 10.1. The number of carboxylic acids is 1. The second-order valence-corrected chi connectivity index (χ2v) is 3.36. The molecule has 0 aliphatic carbocycles. The van der Waals surface area contributed by atoms with E-state index in [4.69, 9.17) is 10.4 Å². The summed E-state index contributed by atoms with van der Waals surface area (Å²) >= 11 is 0. The Kier molecular flexibility index (Phi) is 5.13. The van der Waals surface area contributed by atoms with Gasteiger partial charge in [-0.1, -0.05) is 6.92 Å². The van der Waals surface area contributed by atoms with Gasteiger partial charge in [-0.15, -0.1) is 0 Å². The Labute approximate surface area is 83.6 Å². The van der Waals surface area contributed by atoms with Crippen LogP contribution in [-0.4, -0.2) is 46.3 Å². The molecule has 14 heavy (non-hydrogen) atoms. The number of aliphatic carboxylic acids is 1. The van der Waals surface area contributed by atoms with E-state index in [2.05, 4.69) is 0 Å². The Hall–Kier alpha value is -1.12. The maximum absolute atomic E-state index is 10.6. The van der Waals surface area contributed by atoms with Crippen molar-refractivity contribution >= 4 is 5.97 Å². The minimum atomic E-state index is -1.74. The van der Waals surface area contributed by atoms with E-state index in [1.54, 1.807) is 4.90 Å². The van der Waals surface area contributed by atoms with Crippen LogP contribution < -0.4 is 0 Å². The summed E-state index contributed by atoms with van der Waals surface area (Å²) in [6.07, 6.45) is 0.337. The van der Waals surface area contributed by atoms with Crippen molar-refractivity contribution < 1.29 is 15.0 Å². The predicted octanol–water partition coefficient (Wildman–Crippen LogP) is 0.0576. The number of aliphatic hydroxyl groups is 1. The number of hydrogen-bond acceptors (Lipinski definition) is 4. The van der Waals surface area contributed by atoms with Gasteiger partial charge in [0.25, 0.3) is 0 Å². The van der Waals surface area contributed by atoms with E-state index in [-0.39, 0.29) is 6.54 Å². The highest BCUT2D eigenvalue weighted by molar-refractivity contribution is 5.76. The SMILES string of the molecule is CCN(CCC#N)CC(C)(O)C(=O)O. The lowest BCUT2D eigenvalue weighted by Gasteiger charge is -2.26. The van der Waals surface area contributed by atoms with Crippen molar-refractivity contribution in [2.24, 2.45) is 0 Å². The molecule has 5 heteroatoms. The fourth-order valence-electron chi connectivity index (χ4n) is 1.06. The topological polar surface area (TPSA) is 84.6 Å². The number of nitriles is 1. The number of carboxylic acid groups (broad SMARTS) is 1. The third-order valence-corrected chi connectivity index (χ3v) is 1.98. The van der Waals surface area contributed by atoms with E-state index in [9.17, 15) is 9.90 Å². The number of carbonyl (C=O) groups is 1. The maximum atomic E-state index is 10.6. The largest absolute Gasteiger partial charge is 0.479 e. The molecule has 0 aromatic carbocycles. The molecule has 0 saturated carbocycles. The summed E-state index contributed by atoms with van der Waals surface area (Å²) in [4.78, 5) is 12.3. The predicted molar refractivity (Wildman–Crippen MR) is 50.6 cm³/mol. The van der Waals surface area contributed by atoms with Crippen LogP contribution in [0.25, 0.3) is 0 Å². The van der Waals surface area contributed by atoms with Crippen LogP contribution in [0.15, 0.2) is 0 Å². The van der Waals surface area contributed by atoms with Gasteiger partial charge < -0.3 is 10.2 Å². The van der Waals surface area contributed by atoms with Gasteiger partial charge in [0.05, 0.1) is 6.07 Å². The molecule has 0 aromatic rings. The molecule has 80 valence electrons. The van der Waals surface area contributed by atoms with E-state index in [0.29, 0.717) is 19.5 Å². The molecule has 0 aliphatic rings. The lowest BCUT2D eigenvalue weighted by molar-refractivity contribution is -0.158. The van der Waals surface area contributed by atoms with Crippen molar-refractivity contribution in [3.8, 4) is 6.07 Å². The summed E-state index contributed by atoms with van der Waals surface area (Å²) in [7, 11) is 0. The Bertz CT molecular complexity index is 233. The molecule has 0 fully saturated rings. The fraction of sp³-hybridized carbons (Fsp3) is 0.778. The average molecular weight is 200 g/mol. The molecule has 1 atom stereocenters. The molecule has 0 amide bonds. The quantitative estimate of drug-likeness (QED) is 0.633. The zero-order valence-corrected chi connectivity index (χ0v) is 8.53. The zero-order chi connectivity index (χ0) is 11.2. The molecule has 1 unspecified atom stereocenters. The molecule has 0 rings (SSSR count). The first-order valence-electron chi connectivity index (χ1n) is 4.49. The Morgan fingerprint density at radius 3 is 2.57 bits per heavy atom. The van der Waals surface area contributed by atoms with E-state index < -0.39 is 11.6 Å². The highest BCUT2D eigenvalue weighted by Crippen LogP contribution is 2.06. The molecule has 0 spiro atoms. The zero-order valence-electron chi connectivity index (χ0n) is 8.53. The summed E-state index contributed by atoms with van der Waals surface area (Å²) in [6, 6.07) is 1.98. The monoisotopic (exact) mass is 200 g/mol. The first kappa shape index (κ1) is 12.9. The molecule has 0 radical (unpaired) electrons. The third kappa shape index (κ3) is 4.21. The molecular weight excluding hydrogens is 184 g/mol. The minimum Gasteiger partial charge on any atom is -0.479 e. The highest BCUT2D eigenvalue weighted by atomic mass is 16.4. The maximum Gasteiger partial charge on any atom is 0.336 e. The van der Waals surface area contributed by atoms with Gasteiger partial charge in [-0.2, -0.15) is 5.26 Å². The number of likely N-dealkylation sites (N-methyl/N-ethyl adjacent to an activating group) is 1. The van der Waals surface area contributed by atoms with E-state index >= 15 is 0 Å². The summed E-state index contributed by atoms with van der Waals surface area (Å²) in [5.41, 5.74) is -1.74. The summed E-state index contributed by atoms with van der Waals surface area (Å²) in [6.45, 7) is 4.25. The average Bonchev–Trinajstić information content (AvgIpc) is 2.11. The van der Waals surface area contributed by atoms with Gasteiger partial charge in [-0.05, 0) is 13.5 Å². The Balaban J connectivity index is 4.17. The first-order chi connectivity index (χ1) is 6.44. The molecular formula is C9H16N2O3. The van der Waals surface area contributed by atoms with E-state index in [1.165, 1.54) is 6.92 Å². The van der Waals surface area contributed by atoms with Gasteiger partial charge in [-0.3, -0.25) is 4.90 Å². The number of rotatable bonds is 6. The van der Waals surface area contributed by atoms with Crippen molar-refractivity contribution in [3.63, 3.8) is 0 Å². The number of hydrogen-bond donors (Lipinski definition) is 2. The van der Waals surface area contributed by atoms with Crippen molar-refractivity contribution in [3.05, 3.63) is 0 Å². The van der Waals surface area contributed by atoms with Crippen LogP contribution in [-0.2, 0) is 4.79 Å². The molecule has 0 bridgehead atoms. The van der Waals surface area contributed by atoms with Gasteiger partial charge in [-0.25, -0.2) is 4.79 Å². The molecule has 0 aliphatic heterocycles. The van der Waals surface area contributed by atoms with E-state index in [1.807, 2.05) is 13.0 Å². The van der Waals surface area contributed by atoms with Crippen molar-refractivity contribution in [1.82, 2.24) is 4.90 Å². The lowest BCUT2D eigenvalue weighted by Crippen LogP contribution is -2.46. The van der Waals surface area contributed by atoms with Crippen LogP contribution in [0, 0.1) is 11.3 Å². The molecule has 5 nitrogen and oxygen atoms in total. The van der Waals surface area contributed by atoms with Crippen LogP contribution in [0.4, 0.5) is 0 Å². The summed E-state index contributed by atoms with van der Waals surface area (Å²) < 4.78 is 0. The molecule has 0 heterocycles. The molecule has 2 N–H and O–H groups in total. The second kappa shape index (κ2) is 5.58. The van der Waals surface area contributed by atoms with Gasteiger partial charge >= 0.3 is 5.97 Å². The van der Waals surface area contributed by atoms with Crippen molar-refractivity contribution in [2.45, 2.75) is 25.9 Å². The van der Waals surface area contributed by atoms with Crippen molar-refractivity contribution in [1.29, 1.82) is 5.26 Å². The van der Waals surface area contributed by atoms with Gasteiger partial charge in [0, 0.05) is 19.5 Å². The van der Waals surface area contributed by atoms with Crippen molar-refractivity contribution in [2.75, 3.05) is 19.6 Å². The highest BCUT2D eigenvalue weighted by Gasteiger charge is 2.31. The first-order valence-corrected chi connectivity index (χ1v) is 4.49. The minimum absolute atomic E-state index is 0.0422. The Morgan fingerprint density at radius 2 is 2.21 bits per heavy atom. The van der Waals surface area contributed by atoms with Crippen LogP contribution in [0.3, 0.4) is 0 Å². The van der Waals surface area contributed by atoms with Gasteiger partial charge in [0.15, 0.2) is 5.60 Å². The number of nitrogens with zero attached hydrogens (tertiary/aromatic N) is 2. The van der Waals surface area contributed by atoms with Crippen LogP contribution >= 0.6 is 0 Å². The third-order valence-electron chi connectivity index (χ3n) is 1.98. The Morgan fingerprint density at radius 1 is 1.64 bits per heavy atom. The van der Waals surface area contributed by atoms with Gasteiger partial charge in [0.2, 0.25) is 0 Å². The van der Waals surface area contributed by atoms with Crippen LogP contribution in [0.2, 0.25) is 0 Å².